The molecule has 182 valence electrons. The number of amides is 2. The van der Waals surface area contributed by atoms with Crippen molar-refractivity contribution in [3.8, 4) is 11.5 Å². The number of halogens is 3. The lowest BCUT2D eigenvalue weighted by Gasteiger charge is -2.34. The second kappa shape index (κ2) is 10.8. The van der Waals surface area contributed by atoms with Crippen LogP contribution >= 0.6 is 0 Å². The molecule has 0 atom stereocenters. The van der Waals surface area contributed by atoms with E-state index in [1.165, 1.54) is 30.3 Å². The molecule has 13 heteroatoms. The lowest BCUT2D eigenvalue weighted by Crippen LogP contribution is -2.51. The highest BCUT2D eigenvalue weighted by molar-refractivity contribution is 5.92. The van der Waals surface area contributed by atoms with Gasteiger partial charge in [-0.1, -0.05) is 12.1 Å². The molecule has 2 aromatic carbocycles. The van der Waals surface area contributed by atoms with Gasteiger partial charge in [-0.2, -0.15) is 0 Å². The number of benzene rings is 2. The van der Waals surface area contributed by atoms with E-state index in [-0.39, 0.29) is 36.4 Å². The van der Waals surface area contributed by atoms with Gasteiger partial charge in [-0.15, -0.1) is 13.2 Å². The van der Waals surface area contributed by atoms with Crippen molar-refractivity contribution in [1.29, 1.82) is 0 Å². The van der Waals surface area contributed by atoms with Crippen LogP contribution in [-0.4, -0.2) is 72.2 Å². The highest BCUT2D eigenvalue weighted by Crippen LogP contribution is 2.26. The van der Waals surface area contributed by atoms with Crippen LogP contribution in [0.5, 0.6) is 11.5 Å². The molecular formula is C21H21F3N4O6. The molecule has 2 aromatic rings. The molecule has 0 saturated carbocycles. The number of rotatable bonds is 8. The highest BCUT2D eigenvalue weighted by Gasteiger charge is 2.31. The number of ether oxygens (including phenoxy) is 2. The first-order chi connectivity index (χ1) is 16.1. The maximum atomic E-state index is 12.4. The summed E-state index contributed by atoms with van der Waals surface area (Å²) in [5.74, 6) is -1.07. The van der Waals surface area contributed by atoms with Crippen LogP contribution in [0.2, 0.25) is 0 Å². The van der Waals surface area contributed by atoms with Crippen LogP contribution in [0.15, 0.2) is 48.5 Å². The average Bonchev–Trinajstić information content (AvgIpc) is 2.78. The van der Waals surface area contributed by atoms with Gasteiger partial charge in [-0.25, -0.2) is 0 Å². The van der Waals surface area contributed by atoms with Gasteiger partial charge in [0.2, 0.25) is 5.91 Å². The fraction of sp³-hybridized carbons (Fsp3) is 0.333. The second-order valence-corrected chi connectivity index (χ2v) is 7.29. The number of alkyl halides is 3. The Kier molecular flexibility index (Phi) is 7.89. The monoisotopic (exact) mass is 482 g/mol. The Morgan fingerprint density at radius 1 is 1.03 bits per heavy atom. The molecule has 0 radical (unpaired) electrons. The van der Waals surface area contributed by atoms with Gasteiger partial charge in [0.15, 0.2) is 12.4 Å². The topological polar surface area (TPSA) is 114 Å². The molecule has 1 aliphatic heterocycles. The van der Waals surface area contributed by atoms with E-state index in [1.54, 1.807) is 11.0 Å². The van der Waals surface area contributed by atoms with Crippen molar-refractivity contribution >= 4 is 23.2 Å². The Bertz CT molecular complexity index is 1020. The Balaban J connectivity index is 1.41. The molecule has 0 aliphatic carbocycles. The van der Waals surface area contributed by atoms with Crippen molar-refractivity contribution in [2.45, 2.75) is 6.36 Å². The first-order valence-electron chi connectivity index (χ1n) is 10.1. The number of carbonyl (C=O) groups is 2. The van der Waals surface area contributed by atoms with Gasteiger partial charge in [0, 0.05) is 37.9 Å². The zero-order valence-electron chi connectivity index (χ0n) is 17.8. The number of nitrogens with one attached hydrogen (secondary N) is 1. The minimum absolute atomic E-state index is 0.00848. The minimum Gasteiger partial charge on any atom is -0.477 e. The van der Waals surface area contributed by atoms with Crippen LogP contribution in [0, 0.1) is 10.1 Å². The van der Waals surface area contributed by atoms with Crippen molar-refractivity contribution in [2.75, 3.05) is 44.6 Å². The zero-order chi connectivity index (χ0) is 24.7. The summed E-state index contributed by atoms with van der Waals surface area (Å²) in [6.07, 6.45) is -4.79. The molecule has 3 rings (SSSR count). The largest absolute Gasteiger partial charge is 0.573 e. The molecule has 10 nitrogen and oxygen atoms in total. The smallest absolute Gasteiger partial charge is 0.477 e. The highest BCUT2D eigenvalue weighted by atomic mass is 19.4. The number of nitrogens with zero attached hydrogens (tertiary/aromatic N) is 3. The maximum absolute atomic E-state index is 12.4. The Hall–Kier alpha value is -3.87. The lowest BCUT2D eigenvalue weighted by molar-refractivity contribution is -0.385. The summed E-state index contributed by atoms with van der Waals surface area (Å²) in [5, 5.41) is 13.6. The van der Waals surface area contributed by atoms with Gasteiger partial charge in [-0.05, 0) is 30.3 Å². The summed E-state index contributed by atoms with van der Waals surface area (Å²) in [4.78, 5) is 38.4. The van der Waals surface area contributed by atoms with Gasteiger partial charge < -0.3 is 19.7 Å². The second-order valence-electron chi connectivity index (χ2n) is 7.29. The third-order valence-electron chi connectivity index (χ3n) is 4.88. The number of para-hydroxylation sites is 2. The normalized spacial score (nSPS) is 14.4. The van der Waals surface area contributed by atoms with Crippen molar-refractivity contribution in [3.05, 3.63) is 58.6 Å². The molecule has 1 saturated heterocycles. The van der Waals surface area contributed by atoms with Crippen molar-refractivity contribution in [3.63, 3.8) is 0 Å². The first-order valence-corrected chi connectivity index (χ1v) is 10.1. The van der Waals surface area contributed by atoms with E-state index in [1.807, 2.05) is 4.90 Å². The number of carbonyl (C=O) groups excluding carboxylic acids is 2. The quantitative estimate of drug-likeness (QED) is 0.455. The number of hydrogen-bond donors (Lipinski definition) is 1. The third-order valence-corrected chi connectivity index (χ3v) is 4.88. The third kappa shape index (κ3) is 7.33. The van der Waals surface area contributed by atoms with Crippen LogP contribution in [0.4, 0.5) is 24.5 Å². The van der Waals surface area contributed by atoms with Crippen molar-refractivity contribution in [2.24, 2.45) is 0 Å². The standard InChI is InChI=1S/C21H21F3N4O6/c22-21(23,24)34-16-7-5-15(6-8-16)25-19(29)13-26-9-11-27(12-10-26)20(30)14-33-18-4-2-1-3-17(18)28(31)32/h1-8H,9-14H2,(H,25,29). The van der Waals surface area contributed by atoms with Crippen LogP contribution in [0.3, 0.4) is 0 Å². The molecule has 0 spiro atoms. The SMILES string of the molecule is O=C(CN1CCN(C(=O)COc2ccccc2[N+](=O)[O-])CC1)Nc1ccc(OC(F)(F)F)cc1. The van der Waals surface area contributed by atoms with Crippen molar-refractivity contribution in [1.82, 2.24) is 9.80 Å². The number of piperazine rings is 1. The molecule has 0 bridgehead atoms. The zero-order valence-corrected chi connectivity index (χ0v) is 17.8. The first kappa shape index (κ1) is 24.8. The number of hydrogen-bond acceptors (Lipinski definition) is 7. The minimum atomic E-state index is -4.79. The molecule has 1 aliphatic rings. The van der Waals surface area contributed by atoms with Crippen LogP contribution in [0.25, 0.3) is 0 Å². The molecule has 34 heavy (non-hydrogen) atoms. The predicted octanol–water partition coefficient (Wildman–Crippen LogP) is 2.66. The van der Waals surface area contributed by atoms with Gasteiger partial charge in [0.25, 0.3) is 5.91 Å². The molecule has 1 fully saturated rings. The van der Waals surface area contributed by atoms with E-state index in [4.69, 9.17) is 4.74 Å². The molecule has 2 amide bonds. The number of nitro benzene ring substituents is 1. The van der Waals surface area contributed by atoms with E-state index in [0.717, 1.165) is 12.1 Å². The van der Waals surface area contributed by atoms with E-state index in [2.05, 4.69) is 10.1 Å². The van der Waals surface area contributed by atoms with Crippen LogP contribution in [0.1, 0.15) is 0 Å². The summed E-state index contributed by atoms with van der Waals surface area (Å²) >= 11 is 0. The number of nitro groups is 1. The lowest BCUT2D eigenvalue weighted by atomic mass is 10.2. The molecular weight excluding hydrogens is 461 g/mol. The van der Waals surface area contributed by atoms with Gasteiger partial charge in [-0.3, -0.25) is 24.6 Å². The van der Waals surface area contributed by atoms with E-state index in [9.17, 15) is 32.9 Å². The van der Waals surface area contributed by atoms with Gasteiger partial charge in [0.05, 0.1) is 11.5 Å². The maximum Gasteiger partial charge on any atom is 0.573 e. The van der Waals surface area contributed by atoms with Crippen molar-refractivity contribution < 1.29 is 37.2 Å². The Labute approximate surface area is 192 Å². The Morgan fingerprint density at radius 2 is 1.68 bits per heavy atom. The molecule has 1 heterocycles. The Morgan fingerprint density at radius 3 is 2.29 bits per heavy atom. The summed E-state index contributed by atoms with van der Waals surface area (Å²) in [7, 11) is 0. The van der Waals surface area contributed by atoms with Crippen LogP contribution in [-0.2, 0) is 9.59 Å². The number of anilines is 1. The molecule has 0 aromatic heterocycles. The van der Waals surface area contributed by atoms with Gasteiger partial charge in [0.1, 0.15) is 5.75 Å². The summed E-state index contributed by atoms with van der Waals surface area (Å²) < 4.78 is 45.7. The van der Waals surface area contributed by atoms with E-state index < -0.39 is 17.0 Å². The van der Waals surface area contributed by atoms with Gasteiger partial charge >= 0.3 is 12.0 Å². The average molecular weight is 482 g/mol. The van der Waals surface area contributed by atoms with E-state index in [0.29, 0.717) is 31.9 Å². The van der Waals surface area contributed by atoms with Crippen LogP contribution < -0.4 is 14.8 Å². The van der Waals surface area contributed by atoms with E-state index >= 15 is 0 Å². The fourth-order valence-electron chi connectivity index (χ4n) is 3.26. The predicted molar refractivity (Wildman–Crippen MR) is 113 cm³/mol. The summed E-state index contributed by atoms with van der Waals surface area (Å²) in [5.41, 5.74) is 0.0918. The summed E-state index contributed by atoms with van der Waals surface area (Å²) in [6, 6.07) is 10.6. The molecule has 1 N–H and O–H groups in total. The molecule has 0 unspecified atom stereocenters. The fourth-order valence-corrected chi connectivity index (χ4v) is 3.26. The summed E-state index contributed by atoms with van der Waals surface area (Å²) in [6.45, 7) is 1.21.